The first kappa shape index (κ1) is 12.6. The van der Waals surface area contributed by atoms with E-state index >= 15 is 0 Å². The molecule has 0 aliphatic carbocycles. The van der Waals surface area contributed by atoms with Crippen LogP contribution in [0, 0.1) is 12.8 Å². The number of hydrogen-bond acceptors (Lipinski definition) is 4. The van der Waals surface area contributed by atoms with Crippen LogP contribution in [-0.4, -0.2) is 24.8 Å². The van der Waals surface area contributed by atoms with Crippen LogP contribution >= 0.6 is 23.4 Å². The van der Waals surface area contributed by atoms with Gasteiger partial charge in [-0.05, 0) is 12.8 Å². The molecule has 0 fully saturated rings. The van der Waals surface area contributed by atoms with Gasteiger partial charge in [0.05, 0.1) is 0 Å². The number of thioether (sulfide) groups is 1. The molecule has 6 heteroatoms. The molecule has 0 aromatic carbocycles. The van der Waals surface area contributed by atoms with Crippen LogP contribution in [0.15, 0.2) is 11.4 Å². The largest absolute Gasteiger partial charge is 0.254 e. The Balaban J connectivity index is 2.50. The lowest BCUT2D eigenvalue weighted by molar-refractivity contribution is 0.639. The van der Waals surface area contributed by atoms with E-state index in [1.807, 2.05) is 6.92 Å². The van der Waals surface area contributed by atoms with Gasteiger partial charge in [0.15, 0.2) is 0 Å². The van der Waals surface area contributed by atoms with E-state index in [0.717, 1.165) is 10.6 Å². The first-order chi connectivity index (χ1) is 8.00. The zero-order valence-electron chi connectivity index (χ0n) is 10.3. The molecule has 1 atom stereocenters. The molecule has 0 amide bonds. The highest BCUT2D eigenvalue weighted by Gasteiger charge is 2.17. The van der Waals surface area contributed by atoms with Gasteiger partial charge in [-0.15, -0.1) is 11.8 Å². The van der Waals surface area contributed by atoms with Crippen molar-refractivity contribution in [2.24, 2.45) is 5.92 Å². The zero-order valence-corrected chi connectivity index (χ0v) is 11.9. The summed E-state index contributed by atoms with van der Waals surface area (Å²) in [4.78, 5) is 8.27. The third-order valence-corrected chi connectivity index (χ3v) is 4.77. The van der Waals surface area contributed by atoms with Crippen LogP contribution < -0.4 is 0 Å². The van der Waals surface area contributed by atoms with Crippen molar-refractivity contribution in [2.75, 3.05) is 0 Å². The fraction of sp³-hybridized carbons (Fsp3) is 0.545. The minimum atomic E-state index is 0.486. The molecule has 0 saturated heterocycles. The summed E-state index contributed by atoms with van der Waals surface area (Å²) < 4.78 is 1.75. The standard InChI is InChI=1S/C11H15ClN4S/c1-6(2)8(4)17-10-7(3)9(12)15-11-13-5-14-16(10)11/h5-6,8H,1-4H3. The van der Waals surface area contributed by atoms with Gasteiger partial charge in [-0.3, -0.25) is 0 Å². The molecule has 92 valence electrons. The highest BCUT2D eigenvalue weighted by atomic mass is 35.5. The van der Waals surface area contributed by atoms with E-state index in [-0.39, 0.29) is 0 Å². The lowest BCUT2D eigenvalue weighted by atomic mass is 10.2. The van der Waals surface area contributed by atoms with Crippen molar-refractivity contribution in [3.05, 3.63) is 17.0 Å². The predicted octanol–water partition coefficient (Wildman–Crippen LogP) is 3.22. The smallest absolute Gasteiger partial charge is 0.199 e. The Hall–Kier alpha value is -0.810. The quantitative estimate of drug-likeness (QED) is 0.634. The van der Waals surface area contributed by atoms with Crippen molar-refractivity contribution >= 4 is 29.1 Å². The first-order valence-electron chi connectivity index (χ1n) is 5.53. The van der Waals surface area contributed by atoms with Crippen molar-refractivity contribution in [2.45, 2.75) is 38.0 Å². The van der Waals surface area contributed by atoms with Gasteiger partial charge in [0.25, 0.3) is 5.78 Å². The van der Waals surface area contributed by atoms with Crippen LogP contribution in [0.3, 0.4) is 0 Å². The summed E-state index contributed by atoms with van der Waals surface area (Å²) in [5, 5.41) is 6.21. The third-order valence-electron chi connectivity index (χ3n) is 2.79. The maximum absolute atomic E-state index is 6.11. The lowest BCUT2D eigenvalue weighted by Crippen LogP contribution is -2.09. The van der Waals surface area contributed by atoms with E-state index in [9.17, 15) is 0 Å². The van der Waals surface area contributed by atoms with Crippen LogP contribution in [0.5, 0.6) is 0 Å². The number of aromatic nitrogens is 4. The van der Waals surface area contributed by atoms with Crippen molar-refractivity contribution in [3.8, 4) is 0 Å². The van der Waals surface area contributed by atoms with Crippen LogP contribution in [0.4, 0.5) is 0 Å². The van der Waals surface area contributed by atoms with Crippen LogP contribution in [0.1, 0.15) is 26.3 Å². The minimum Gasteiger partial charge on any atom is -0.199 e. The Morgan fingerprint density at radius 2 is 2.06 bits per heavy atom. The SMILES string of the molecule is Cc1c(Cl)nc2ncnn2c1SC(C)C(C)C. The summed E-state index contributed by atoms with van der Waals surface area (Å²) in [7, 11) is 0. The number of fused-ring (bicyclic) bond motifs is 1. The normalized spacial score (nSPS) is 13.5. The minimum absolute atomic E-state index is 0.486. The molecule has 0 N–H and O–H groups in total. The van der Waals surface area contributed by atoms with Crippen molar-refractivity contribution in [1.82, 2.24) is 19.6 Å². The van der Waals surface area contributed by atoms with E-state index < -0.39 is 0 Å². The third kappa shape index (κ3) is 2.40. The summed E-state index contributed by atoms with van der Waals surface area (Å²) in [6.45, 7) is 8.57. The fourth-order valence-electron chi connectivity index (χ4n) is 1.32. The van der Waals surface area contributed by atoms with E-state index in [4.69, 9.17) is 11.6 Å². The summed E-state index contributed by atoms with van der Waals surface area (Å²) in [6.07, 6.45) is 1.50. The molecule has 0 radical (unpaired) electrons. The average Bonchev–Trinajstić information content (AvgIpc) is 2.71. The van der Waals surface area contributed by atoms with E-state index in [1.54, 1.807) is 16.3 Å². The van der Waals surface area contributed by atoms with Crippen LogP contribution in [-0.2, 0) is 0 Å². The maximum atomic E-state index is 6.11. The molecule has 2 rings (SSSR count). The average molecular weight is 271 g/mol. The van der Waals surface area contributed by atoms with Gasteiger partial charge in [-0.25, -0.2) is 0 Å². The van der Waals surface area contributed by atoms with E-state index in [2.05, 4.69) is 35.8 Å². The summed E-state index contributed by atoms with van der Waals surface area (Å²) in [6, 6.07) is 0. The second-order valence-corrected chi connectivity index (χ2v) is 6.10. The number of rotatable bonds is 3. The summed E-state index contributed by atoms with van der Waals surface area (Å²) >= 11 is 7.87. The van der Waals surface area contributed by atoms with Crippen LogP contribution in [0.25, 0.3) is 5.78 Å². The molecule has 17 heavy (non-hydrogen) atoms. The first-order valence-corrected chi connectivity index (χ1v) is 6.79. The monoisotopic (exact) mass is 270 g/mol. The molecule has 2 heterocycles. The Labute approximate surface area is 110 Å². The van der Waals surface area contributed by atoms with Gasteiger partial charge in [0, 0.05) is 10.8 Å². The van der Waals surface area contributed by atoms with Gasteiger partial charge in [-0.1, -0.05) is 32.4 Å². The van der Waals surface area contributed by atoms with E-state index in [1.165, 1.54) is 6.33 Å². The highest BCUT2D eigenvalue weighted by molar-refractivity contribution is 7.99. The number of hydrogen-bond donors (Lipinski definition) is 0. The Kier molecular flexibility index (Phi) is 3.58. The van der Waals surface area contributed by atoms with E-state index in [0.29, 0.717) is 22.1 Å². The molecular formula is C11H15ClN4S. The predicted molar refractivity (Wildman–Crippen MR) is 70.7 cm³/mol. The van der Waals surface area contributed by atoms with Gasteiger partial charge in [0.1, 0.15) is 16.5 Å². The van der Waals surface area contributed by atoms with Crippen molar-refractivity contribution in [3.63, 3.8) is 0 Å². The van der Waals surface area contributed by atoms with Gasteiger partial charge < -0.3 is 0 Å². The molecule has 0 saturated carbocycles. The summed E-state index contributed by atoms with van der Waals surface area (Å²) in [5.41, 5.74) is 0.960. The van der Waals surface area contributed by atoms with Gasteiger partial charge in [-0.2, -0.15) is 19.6 Å². The molecule has 2 aromatic rings. The molecule has 0 bridgehead atoms. The Morgan fingerprint density at radius 3 is 2.71 bits per heavy atom. The molecule has 4 nitrogen and oxygen atoms in total. The molecule has 0 aliphatic heterocycles. The molecule has 1 unspecified atom stereocenters. The Morgan fingerprint density at radius 1 is 1.35 bits per heavy atom. The number of nitrogens with zero attached hydrogens (tertiary/aromatic N) is 4. The fourth-order valence-corrected chi connectivity index (χ4v) is 2.67. The molecule has 2 aromatic heterocycles. The number of halogens is 1. The summed E-state index contributed by atoms with van der Waals surface area (Å²) in [5.74, 6) is 1.14. The second-order valence-electron chi connectivity index (χ2n) is 4.37. The van der Waals surface area contributed by atoms with Crippen molar-refractivity contribution < 1.29 is 0 Å². The van der Waals surface area contributed by atoms with Crippen molar-refractivity contribution in [1.29, 1.82) is 0 Å². The van der Waals surface area contributed by atoms with Gasteiger partial charge in [0.2, 0.25) is 0 Å². The topological polar surface area (TPSA) is 43.1 Å². The highest BCUT2D eigenvalue weighted by Crippen LogP contribution is 2.32. The lowest BCUT2D eigenvalue weighted by Gasteiger charge is -2.17. The molecule has 0 spiro atoms. The molecular weight excluding hydrogens is 256 g/mol. The maximum Gasteiger partial charge on any atom is 0.254 e. The second kappa shape index (κ2) is 4.82. The van der Waals surface area contributed by atoms with Gasteiger partial charge >= 0.3 is 0 Å². The molecule has 0 aliphatic rings. The van der Waals surface area contributed by atoms with Crippen LogP contribution in [0.2, 0.25) is 5.15 Å². The Bertz CT molecular complexity index is 537. The zero-order chi connectivity index (χ0) is 12.6.